The van der Waals surface area contributed by atoms with Gasteiger partial charge in [-0.25, -0.2) is 8.78 Å². The molecule has 0 saturated heterocycles. The molecular formula is C20H14F2N2O4. The summed E-state index contributed by atoms with van der Waals surface area (Å²) in [4.78, 5) is 35.7. The number of ketones is 1. The van der Waals surface area contributed by atoms with E-state index in [-0.39, 0.29) is 23.4 Å². The molecule has 0 saturated carbocycles. The molecule has 2 aromatic carbocycles. The molecule has 0 aliphatic rings. The standard InChI is InChI=1S/C20H14F2N2O4/c21-12-3-6-14(16(22)10-12)19(28)15-7-8-17(25)24(20(15)23)13-4-1-11(2-5-13)9-18(26)27/h1-8,10H,9,23H2,(H,26,27). The average Bonchev–Trinajstić information content (AvgIpc) is 2.62. The predicted octanol–water partition coefficient (Wildman–Crippen LogP) is 2.56. The number of rotatable bonds is 5. The number of carboxylic acids is 1. The number of benzene rings is 2. The highest BCUT2D eigenvalue weighted by molar-refractivity contribution is 6.11. The highest BCUT2D eigenvalue weighted by Crippen LogP contribution is 2.21. The Morgan fingerprint density at radius 3 is 2.21 bits per heavy atom. The van der Waals surface area contributed by atoms with E-state index in [1.807, 2.05) is 0 Å². The minimum atomic E-state index is -1.04. The summed E-state index contributed by atoms with van der Waals surface area (Å²) < 4.78 is 28.1. The van der Waals surface area contributed by atoms with E-state index in [9.17, 15) is 23.2 Å². The van der Waals surface area contributed by atoms with Crippen molar-refractivity contribution in [3.8, 4) is 5.69 Å². The Bertz CT molecular complexity index is 1140. The summed E-state index contributed by atoms with van der Waals surface area (Å²) in [7, 11) is 0. The molecule has 0 amide bonds. The van der Waals surface area contributed by atoms with E-state index in [2.05, 4.69) is 0 Å². The summed E-state index contributed by atoms with van der Waals surface area (Å²) >= 11 is 0. The number of anilines is 1. The number of carbonyl (C=O) groups is 2. The van der Waals surface area contributed by atoms with Crippen LogP contribution in [-0.2, 0) is 11.2 Å². The third-order valence-electron chi connectivity index (χ3n) is 4.10. The van der Waals surface area contributed by atoms with Crippen molar-refractivity contribution in [3.05, 3.63) is 93.3 Å². The van der Waals surface area contributed by atoms with Gasteiger partial charge in [0.15, 0.2) is 5.78 Å². The predicted molar refractivity (Wildman–Crippen MR) is 97.6 cm³/mol. The van der Waals surface area contributed by atoms with Gasteiger partial charge in [-0.2, -0.15) is 0 Å². The fourth-order valence-electron chi connectivity index (χ4n) is 2.77. The summed E-state index contributed by atoms with van der Waals surface area (Å²) in [5.41, 5.74) is 5.80. The van der Waals surface area contributed by atoms with E-state index in [0.29, 0.717) is 17.3 Å². The van der Waals surface area contributed by atoms with Gasteiger partial charge in [-0.15, -0.1) is 0 Å². The largest absolute Gasteiger partial charge is 0.481 e. The Balaban J connectivity index is 2.06. The number of aliphatic carboxylic acids is 1. The molecule has 0 aliphatic carbocycles. The first-order valence-electron chi connectivity index (χ1n) is 8.10. The number of carbonyl (C=O) groups excluding carboxylic acids is 1. The second-order valence-corrected chi connectivity index (χ2v) is 6.00. The SMILES string of the molecule is Nc1c(C(=O)c2ccc(F)cc2F)ccc(=O)n1-c1ccc(CC(=O)O)cc1. The molecule has 0 aliphatic heterocycles. The molecule has 1 aromatic heterocycles. The number of hydrogen-bond acceptors (Lipinski definition) is 4. The van der Waals surface area contributed by atoms with E-state index in [4.69, 9.17) is 10.8 Å². The third-order valence-corrected chi connectivity index (χ3v) is 4.10. The Morgan fingerprint density at radius 2 is 1.61 bits per heavy atom. The highest BCUT2D eigenvalue weighted by Gasteiger charge is 2.20. The van der Waals surface area contributed by atoms with Crippen LogP contribution in [0.25, 0.3) is 5.69 Å². The smallest absolute Gasteiger partial charge is 0.307 e. The van der Waals surface area contributed by atoms with Gasteiger partial charge in [0.25, 0.3) is 5.56 Å². The minimum absolute atomic E-state index is 0.125. The summed E-state index contributed by atoms with van der Waals surface area (Å²) in [6, 6.07) is 10.8. The molecule has 3 N–H and O–H groups in total. The zero-order chi connectivity index (χ0) is 20.4. The molecule has 0 fully saturated rings. The number of halogens is 2. The normalized spacial score (nSPS) is 10.6. The van der Waals surface area contributed by atoms with E-state index in [1.165, 1.54) is 30.3 Å². The summed E-state index contributed by atoms with van der Waals surface area (Å²) in [5.74, 6) is -3.88. The van der Waals surface area contributed by atoms with Crippen molar-refractivity contribution in [2.75, 3.05) is 5.73 Å². The van der Waals surface area contributed by atoms with Crippen LogP contribution in [0.4, 0.5) is 14.6 Å². The number of hydrogen-bond donors (Lipinski definition) is 2. The Kier molecular flexibility index (Phi) is 5.04. The molecule has 0 atom stereocenters. The van der Waals surface area contributed by atoms with E-state index >= 15 is 0 Å². The average molecular weight is 384 g/mol. The van der Waals surface area contributed by atoms with Gasteiger partial charge < -0.3 is 10.8 Å². The van der Waals surface area contributed by atoms with Crippen molar-refractivity contribution in [1.29, 1.82) is 0 Å². The quantitative estimate of drug-likeness (QED) is 0.658. The maximum absolute atomic E-state index is 14.0. The molecule has 0 spiro atoms. The molecular weight excluding hydrogens is 370 g/mol. The zero-order valence-electron chi connectivity index (χ0n) is 14.4. The van der Waals surface area contributed by atoms with E-state index in [0.717, 1.165) is 22.8 Å². The lowest BCUT2D eigenvalue weighted by molar-refractivity contribution is -0.136. The topological polar surface area (TPSA) is 102 Å². The monoisotopic (exact) mass is 384 g/mol. The van der Waals surface area contributed by atoms with Crippen LogP contribution in [0.5, 0.6) is 0 Å². The van der Waals surface area contributed by atoms with Crippen LogP contribution in [-0.4, -0.2) is 21.4 Å². The summed E-state index contributed by atoms with van der Waals surface area (Å²) in [6.07, 6.45) is -0.187. The second kappa shape index (κ2) is 7.43. The van der Waals surface area contributed by atoms with Crippen LogP contribution in [0.2, 0.25) is 0 Å². The first-order valence-corrected chi connectivity index (χ1v) is 8.10. The first-order chi connectivity index (χ1) is 13.3. The molecule has 0 bridgehead atoms. The van der Waals surface area contributed by atoms with Crippen molar-refractivity contribution < 1.29 is 23.5 Å². The molecule has 142 valence electrons. The molecule has 8 heteroatoms. The fraction of sp³-hybridized carbons (Fsp3) is 0.0500. The van der Waals surface area contributed by atoms with Crippen molar-refractivity contribution in [2.24, 2.45) is 0 Å². The zero-order valence-corrected chi connectivity index (χ0v) is 14.4. The molecule has 6 nitrogen and oxygen atoms in total. The van der Waals surface area contributed by atoms with Gasteiger partial charge in [0.2, 0.25) is 0 Å². The lowest BCUT2D eigenvalue weighted by Gasteiger charge is -2.13. The van der Waals surface area contributed by atoms with Crippen LogP contribution in [0.15, 0.2) is 59.4 Å². The summed E-state index contributed by atoms with van der Waals surface area (Å²) in [6.45, 7) is 0. The maximum Gasteiger partial charge on any atom is 0.307 e. The van der Waals surface area contributed by atoms with Crippen LogP contribution in [0.3, 0.4) is 0 Å². The van der Waals surface area contributed by atoms with E-state index in [1.54, 1.807) is 0 Å². The van der Waals surface area contributed by atoms with Gasteiger partial charge in [-0.3, -0.25) is 19.0 Å². The van der Waals surface area contributed by atoms with Crippen LogP contribution < -0.4 is 11.3 Å². The number of nitrogens with two attached hydrogens (primary N) is 1. The lowest BCUT2D eigenvalue weighted by Crippen LogP contribution is -2.23. The molecule has 0 radical (unpaired) electrons. The van der Waals surface area contributed by atoms with Crippen LogP contribution >= 0.6 is 0 Å². The number of nitrogen functional groups attached to an aromatic ring is 1. The molecule has 0 unspecified atom stereocenters. The van der Waals surface area contributed by atoms with Gasteiger partial charge in [-0.1, -0.05) is 12.1 Å². The Labute approximate surface area is 157 Å². The molecule has 3 rings (SSSR count). The van der Waals surface area contributed by atoms with Crippen LogP contribution in [0, 0.1) is 11.6 Å². The van der Waals surface area contributed by atoms with Gasteiger partial charge in [-0.05, 0) is 35.9 Å². The maximum atomic E-state index is 14.0. The summed E-state index contributed by atoms with van der Waals surface area (Å²) in [5, 5.41) is 8.82. The van der Waals surface area contributed by atoms with Crippen LogP contribution in [0.1, 0.15) is 21.5 Å². The highest BCUT2D eigenvalue weighted by atomic mass is 19.1. The Hall–Kier alpha value is -3.81. The first kappa shape index (κ1) is 19.0. The molecule has 1 heterocycles. The van der Waals surface area contributed by atoms with Crippen molar-refractivity contribution >= 4 is 17.6 Å². The van der Waals surface area contributed by atoms with Gasteiger partial charge in [0.1, 0.15) is 17.5 Å². The van der Waals surface area contributed by atoms with Gasteiger partial charge >= 0.3 is 5.97 Å². The number of aromatic nitrogens is 1. The number of pyridine rings is 1. The van der Waals surface area contributed by atoms with Gasteiger partial charge in [0, 0.05) is 12.1 Å². The molecule has 28 heavy (non-hydrogen) atoms. The van der Waals surface area contributed by atoms with Crippen molar-refractivity contribution in [3.63, 3.8) is 0 Å². The lowest BCUT2D eigenvalue weighted by atomic mass is 10.0. The van der Waals surface area contributed by atoms with Crippen molar-refractivity contribution in [2.45, 2.75) is 6.42 Å². The third kappa shape index (κ3) is 3.66. The number of carboxylic acid groups (broad SMARTS) is 1. The fourth-order valence-corrected chi connectivity index (χ4v) is 2.77. The molecule has 3 aromatic rings. The number of nitrogens with zero attached hydrogens (tertiary/aromatic N) is 1. The van der Waals surface area contributed by atoms with E-state index < -0.39 is 28.9 Å². The Morgan fingerprint density at radius 1 is 0.964 bits per heavy atom. The minimum Gasteiger partial charge on any atom is -0.481 e. The van der Waals surface area contributed by atoms with Gasteiger partial charge in [0.05, 0.1) is 23.2 Å². The second-order valence-electron chi connectivity index (χ2n) is 6.00. The van der Waals surface area contributed by atoms with Crippen molar-refractivity contribution in [1.82, 2.24) is 4.57 Å².